The van der Waals surface area contributed by atoms with Crippen molar-refractivity contribution in [2.24, 2.45) is 0 Å². The van der Waals surface area contributed by atoms with E-state index in [2.05, 4.69) is 0 Å². The fourth-order valence-corrected chi connectivity index (χ4v) is 4.37. The molecule has 1 atom stereocenters. The SMILES string of the molecule is Cc1cc2c(c(=O)n1CCc1ccc(O)cc1)[C@@H](c1coc3ccccc3c1=O)CC(=O)O2. The number of aromatic nitrogens is 1. The molecule has 4 aromatic rings. The minimum atomic E-state index is -0.755. The summed E-state index contributed by atoms with van der Waals surface area (Å²) in [6.07, 6.45) is 1.80. The molecule has 0 unspecified atom stereocenters. The molecule has 0 spiro atoms. The Morgan fingerprint density at radius 2 is 1.82 bits per heavy atom. The van der Waals surface area contributed by atoms with Crippen LogP contribution in [0.3, 0.4) is 0 Å². The predicted octanol–water partition coefficient (Wildman–Crippen LogP) is 3.65. The van der Waals surface area contributed by atoms with Crippen LogP contribution in [0.25, 0.3) is 11.0 Å². The topological polar surface area (TPSA) is 98.7 Å². The molecule has 3 heterocycles. The number of phenolic OH excluding ortho intramolecular Hbond substituents is 1. The maximum atomic E-state index is 13.6. The first-order valence-electron chi connectivity index (χ1n) is 10.7. The van der Waals surface area contributed by atoms with Crippen molar-refractivity contribution in [3.05, 3.63) is 104 Å². The monoisotopic (exact) mass is 443 g/mol. The van der Waals surface area contributed by atoms with Gasteiger partial charge in [-0.05, 0) is 43.2 Å². The summed E-state index contributed by atoms with van der Waals surface area (Å²) in [5.41, 5.74) is 2.05. The van der Waals surface area contributed by atoms with Crippen LogP contribution in [-0.4, -0.2) is 15.6 Å². The van der Waals surface area contributed by atoms with Crippen LogP contribution >= 0.6 is 0 Å². The van der Waals surface area contributed by atoms with E-state index in [1.54, 1.807) is 66.1 Å². The van der Waals surface area contributed by atoms with Gasteiger partial charge in [0.15, 0.2) is 5.43 Å². The number of benzene rings is 2. The second-order valence-electron chi connectivity index (χ2n) is 8.18. The van der Waals surface area contributed by atoms with Crippen LogP contribution in [0.5, 0.6) is 11.5 Å². The molecule has 1 aliphatic rings. The predicted molar refractivity (Wildman–Crippen MR) is 122 cm³/mol. The van der Waals surface area contributed by atoms with E-state index in [1.165, 1.54) is 6.26 Å². The summed E-state index contributed by atoms with van der Waals surface area (Å²) in [5.74, 6) is -0.886. The zero-order chi connectivity index (χ0) is 23.1. The molecule has 2 aromatic carbocycles. The van der Waals surface area contributed by atoms with Crippen LogP contribution < -0.4 is 15.7 Å². The number of pyridine rings is 1. The molecule has 0 amide bonds. The molecule has 33 heavy (non-hydrogen) atoms. The van der Waals surface area contributed by atoms with Gasteiger partial charge in [0, 0.05) is 29.8 Å². The first-order valence-corrected chi connectivity index (χ1v) is 10.7. The number of carbonyl (C=O) groups is 1. The quantitative estimate of drug-likeness (QED) is 0.484. The van der Waals surface area contributed by atoms with Gasteiger partial charge in [0.05, 0.1) is 23.6 Å². The number of nitrogens with zero attached hydrogens (tertiary/aromatic N) is 1. The molecule has 7 heteroatoms. The van der Waals surface area contributed by atoms with E-state index in [0.717, 1.165) is 5.56 Å². The highest BCUT2D eigenvalue weighted by atomic mass is 16.5. The molecular weight excluding hydrogens is 422 g/mol. The van der Waals surface area contributed by atoms with E-state index in [0.29, 0.717) is 29.6 Å². The van der Waals surface area contributed by atoms with Crippen LogP contribution in [-0.2, 0) is 17.8 Å². The standard InChI is InChI=1S/C26H21NO6/c1-15-12-22-24(26(31)27(15)11-10-16-6-8-17(28)9-7-16)19(13-23(29)33-22)20-14-32-21-5-3-2-4-18(21)25(20)30/h2-9,12,14,19,28H,10-11,13H2,1H3/t19-/m1/s1. The van der Waals surface area contributed by atoms with Crippen molar-refractivity contribution in [3.8, 4) is 11.5 Å². The Labute approximate surface area is 188 Å². The average Bonchev–Trinajstić information content (AvgIpc) is 2.80. The van der Waals surface area contributed by atoms with Gasteiger partial charge >= 0.3 is 5.97 Å². The lowest BCUT2D eigenvalue weighted by atomic mass is 9.87. The number of para-hydroxylation sites is 1. The lowest BCUT2D eigenvalue weighted by molar-refractivity contribution is -0.135. The van der Waals surface area contributed by atoms with Crippen molar-refractivity contribution in [2.75, 3.05) is 0 Å². The Morgan fingerprint density at radius 3 is 2.61 bits per heavy atom. The number of esters is 1. The minimum Gasteiger partial charge on any atom is -0.508 e. The van der Waals surface area contributed by atoms with Crippen molar-refractivity contribution in [1.82, 2.24) is 4.57 Å². The Balaban J connectivity index is 1.60. The van der Waals surface area contributed by atoms with Gasteiger partial charge in [-0.3, -0.25) is 14.4 Å². The first-order chi connectivity index (χ1) is 15.9. The molecule has 1 aliphatic heterocycles. The van der Waals surface area contributed by atoms with Crippen molar-refractivity contribution < 1.29 is 19.1 Å². The van der Waals surface area contributed by atoms with E-state index >= 15 is 0 Å². The molecule has 0 bridgehead atoms. The number of hydrogen-bond donors (Lipinski definition) is 1. The van der Waals surface area contributed by atoms with Gasteiger partial charge in [0.2, 0.25) is 0 Å². The average molecular weight is 443 g/mol. The third kappa shape index (κ3) is 3.71. The summed E-state index contributed by atoms with van der Waals surface area (Å²) in [7, 11) is 0. The normalized spacial score (nSPS) is 15.3. The molecule has 0 fully saturated rings. The van der Waals surface area contributed by atoms with Crippen molar-refractivity contribution in [3.63, 3.8) is 0 Å². The molecule has 0 saturated heterocycles. The third-order valence-electron chi connectivity index (χ3n) is 6.09. The van der Waals surface area contributed by atoms with E-state index < -0.39 is 11.9 Å². The zero-order valence-electron chi connectivity index (χ0n) is 17.9. The molecule has 2 aromatic heterocycles. The molecular formula is C26H21NO6. The van der Waals surface area contributed by atoms with Gasteiger partial charge in [-0.2, -0.15) is 0 Å². The summed E-state index contributed by atoms with van der Waals surface area (Å²) < 4.78 is 12.7. The number of phenols is 1. The van der Waals surface area contributed by atoms with E-state index in [1.807, 2.05) is 0 Å². The highest BCUT2D eigenvalue weighted by Gasteiger charge is 2.34. The van der Waals surface area contributed by atoms with Gasteiger partial charge in [-0.1, -0.05) is 24.3 Å². The highest BCUT2D eigenvalue weighted by molar-refractivity contribution is 5.80. The Bertz CT molecular complexity index is 1500. The Hall–Kier alpha value is -4.13. The number of rotatable bonds is 4. The Morgan fingerprint density at radius 1 is 1.06 bits per heavy atom. The van der Waals surface area contributed by atoms with E-state index in [-0.39, 0.29) is 40.0 Å². The van der Waals surface area contributed by atoms with Gasteiger partial charge in [0.25, 0.3) is 5.56 Å². The number of carbonyl (C=O) groups excluding carboxylic acids is 1. The highest BCUT2D eigenvalue weighted by Crippen LogP contribution is 2.36. The summed E-state index contributed by atoms with van der Waals surface area (Å²) in [6, 6.07) is 15.4. The van der Waals surface area contributed by atoms with Gasteiger partial charge < -0.3 is 18.8 Å². The molecule has 5 rings (SSSR count). The van der Waals surface area contributed by atoms with Crippen LogP contribution in [0.4, 0.5) is 0 Å². The van der Waals surface area contributed by atoms with Crippen LogP contribution in [0.2, 0.25) is 0 Å². The number of hydrogen-bond acceptors (Lipinski definition) is 6. The molecule has 0 radical (unpaired) electrons. The summed E-state index contributed by atoms with van der Waals surface area (Å²) in [4.78, 5) is 39.1. The van der Waals surface area contributed by atoms with Crippen LogP contribution in [0.1, 0.15) is 34.7 Å². The summed E-state index contributed by atoms with van der Waals surface area (Å²) >= 11 is 0. The summed E-state index contributed by atoms with van der Waals surface area (Å²) in [6.45, 7) is 2.18. The summed E-state index contributed by atoms with van der Waals surface area (Å²) in [5, 5.41) is 9.88. The molecule has 7 nitrogen and oxygen atoms in total. The molecule has 0 saturated carbocycles. The number of ether oxygens (including phenoxy) is 1. The number of aromatic hydroxyl groups is 1. The molecule has 166 valence electrons. The smallest absolute Gasteiger partial charge is 0.312 e. The van der Waals surface area contributed by atoms with Crippen molar-refractivity contribution in [1.29, 1.82) is 0 Å². The van der Waals surface area contributed by atoms with Crippen molar-refractivity contribution >= 4 is 16.9 Å². The van der Waals surface area contributed by atoms with Crippen LogP contribution in [0.15, 0.2) is 74.9 Å². The largest absolute Gasteiger partial charge is 0.508 e. The molecule has 0 aliphatic carbocycles. The third-order valence-corrected chi connectivity index (χ3v) is 6.09. The zero-order valence-corrected chi connectivity index (χ0v) is 17.9. The van der Waals surface area contributed by atoms with Gasteiger partial charge in [-0.15, -0.1) is 0 Å². The second-order valence-corrected chi connectivity index (χ2v) is 8.18. The van der Waals surface area contributed by atoms with Crippen molar-refractivity contribution in [2.45, 2.75) is 32.2 Å². The number of fused-ring (bicyclic) bond motifs is 2. The maximum absolute atomic E-state index is 13.6. The minimum absolute atomic E-state index is 0.119. The van der Waals surface area contributed by atoms with E-state index in [4.69, 9.17) is 9.15 Å². The lowest BCUT2D eigenvalue weighted by Gasteiger charge is -2.25. The van der Waals surface area contributed by atoms with Gasteiger partial charge in [-0.25, -0.2) is 0 Å². The van der Waals surface area contributed by atoms with E-state index in [9.17, 15) is 19.5 Å². The van der Waals surface area contributed by atoms with Crippen LogP contribution in [0, 0.1) is 6.92 Å². The molecule has 1 N–H and O–H groups in total. The maximum Gasteiger partial charge on any atom is 0.312 e. The lowest BCUT2D eigenvalue weighted by Crippen LogP contribution is -2.35. The first kappa shape index (κ1) is 20.8. The second kappa shape index (κ2) is 8.09. The number of aryl methyl sites for hydroxylation is 2. The van der Waals surface area contributed by atoms with Gasteiger partial charge in [0.1, 0.15) is 17.1 Å². The fourth-order valence-electron chi connectivity index (χ4n) is 4.37. The Kier molecular flexibility index (Phi) is 5.09. The fraction of sp³-hybridized carbons (Fsp3) is 0.192.